The van der Waals surface area contributed by atoms with Gasteiger partial charge in [0.05, 0.1) is 12.5 Å². The summed E-state index contributed by atoms with van der Waals surface area (Å²) in [5.74, 6) is 1.63. The van der Waals surface area contributed by atoms with E-state index in [4.69, 9.17) is 4.74 Å². The Morgan fingerprint density at radius 3 is 2.48 bits per heavy atom. The minimum atomic E-state index is -0.106. The number of allylic oxidation sites excluding steroid dienone is 1. The molecule has 0 amide bonds. The van der Waals surface area contributed by atoms with Crippen molar-refractivity contribution >= 4 is 5.97 Å². The zero-order valence-corrected chi connectivity index (χ0v) is 15.6. The number of hydrogen-bond acceptors (Lipinski definition) is 3. The summed E-state index contributed by atoms with van der Waals surface area (Å²) in [6, 6.07) is 0. The first kappa shape index (κ1) is 18.5. The van der Waals surface area contributed by atoms with Gasteiger partial charge in [0.25, 0.3) is 0 Å². The molecule has 0 saturated heterocycles. The van der Waals surface area contributed by atoms with E-state index < -0.39 is 0 Å². The number of aliphatic hydroxyl groups is 1. The van der Waals surface area contributed by atoms with E-state index in [0.29, 0.717) is 17.8 Å². The fourth-order valence-electron chi connectivity index (χ4n) is 4.61. The quantitative estimate of drug-likeness (QED) is 0.609. The maximum Gasteiger partial charge on any atom is 0.310 e. The lowest BCUT2D eigenvalue weighted by Gasteiger charge is -2.36. The van der Waals surface area contributed by atoms with Crippen LogP contribution in [-0.2, 0) is 9.53 Å². The van der Waals surface area contributed by atoms with Crippen LogP contribution in [0.1, 0.15) is 60.8 Å². The lowest BCUT2D eigenvalue weighted by molar-refractivity contribution is -0.158. The Labute approximate surface area is 141 Å². The highest BCUT2D eigenvalue weighted by Gasteiger charge is 2.64. The second kappa shape index (κ2) is 6.96. The molecule has 23 heavy (non-hydrogen) atoms. The summed E-state index contributed by atoms with van der Waals surface area (Å²) in [4.78, 5) is 12.8. The van der Waals surface area contributed by atoms with E-state index in [1.165, 1.54) is 6.42 Å². The van der Waals surface area contributed by atoms with Crippen molar-refractivity contribution in [2.45, 2.75) is 66.9 Å². The maximum atomic E-state index is 12.8. The van der Waals surface area contributed by atoms with E-state index >= 15 is 0 Å². The van der Waals surface area contributed by atoms with Crippen molar-refractivity contribution in [3.63, 3.8) is 0 Å². The molecule has 5 unspecified atom stereocenters. The Balaban J connectivity index is 2.06. The van der Waals surface area contributed by atoms with Gasteiger partial charge in [-0.05, 0) is 48.5 Å². The van der Waals surface area contributed by atoms with Gasteiger partial charge in [0.15, 0.2) is 0 Å². The number of ether oxygens (including phenoxy) is 1. The van der Waals surface area contributed by atoms with Crippen molar-refractivity contribution in [3.8, 4) is 0 Å². The number of aliphatic hydroxyl groups excluding tert-OH is 1. The van der Waals surface area contributed by atoms with Gasteiger partial charge >= 0.3 is 5.97 Å². The van der Waals surface area contributed by atoms with Crippen LogP contribution in [0, 0.1) is 35.0 Å². The van der Waals surface area contributed by atoms with Gasteiger partial charge in [-0.15, -0.1) is 0 Å². The topological polar surface area (TPSA) is 46.5 Å². The van der Waals surface area contributed by atoms with E-state index in [0.717, 1.165) is 18.4 Å². The highest BCUT2D eigenvalue weighted by Crippen LogP contribution is 2.62. The third-order valence-corrected chi connectivity index (χ3v) is 6.26. The van der Waals surface area contributed by atoms with Crippen LogP contribution < -0.4 is 0 Å². The molecular weight excluding hydrogens is 288 g/mol. The summed E-state index contributed by atoms with van der Waals surface area (Å²) >= 11 is 0. The molecule has 0 bridgehead atoms. The summed E-state index contributed by atoms with van der Waals surface area (Å²) in [6.07, 6.45) is 5.39. The van der Waals surface area contributed by atoms with Crippen molar-refractivity contribution in [2.24, 2.45) is 35.0 Å². The first-order valence-corrected chi connectivity index (χ1v) is 9.20. The molecule has 0 aromatic carbocycles. The number of esters is 1. The van der Waals surface area contributed by atoms with Gasteiger partial charge in [0, 0.05) is 5.92 Å². The van der Waals surface area contributed by atoms with Crippen LogP contribution in [-0.4, -0.2) is 23.8 Å². The molecule has 2 aliphatic rings. The van der Waals surface area contributed by atoms with Gasteiger partial charge < -0.3 is 9.84 Å². The van der Waals surface area contributed by atoms with Gasteiger partial charge in [-0.2, -0.15) is 0 Å². The van der Waals surface area contributed by atoms with Crippen LogP contribution in [0.3, 0.4) is 0 Å². The SMILES string of the molecule is CC=C(CO)C1C(C(=O)OC2CC(C)CCC2C(C)C)C1(C)C. The Hall–Kier alpha value is -0.830. The van der Waals surface area contributed by atoms with Gasteiger partial charge in [0.1, 0.15) is 6.10 Å². The van der Waals surface area contributed by atoms with Crippen LogP contribution in [0.15, 0.2) is 11.6 Å². The summed E-state index contributed by atoms with van der Waals surface area (Å²) in [7, 11) is 0. The first-order valence-electron chi connectivity index (χ1n) is 9.20. The number of carbonyl (C=O) groups is 1. The third kappa shape index (κ3) is 3.65. The fraction of sp³-hybridized carbons (Fsp3) is 0.850. The lowest BCUT2D eigenvalue weighted by atomic mass is 9.75. The molecule has 3 nitrogen and oxygen atoms in total. The monoisotopic (exact) mass is 322 g/mol. The molecule has 1 N–H and O–H groups in total. The van der Waals surface area contributed by atoms with Crippen LogP contribution in [0.25, 0.3) is 0 Å². The molecule has 132 valence electrons. The van der Waals surface area contributed by atoms with Gasteiger partial charge in [0.2, 0.25) is 0 Å². The van der Waals surface area contributed by atoms with Crippen molar-refractivity contribution in [1.29, 1.82) is 0 Å². The van der Waals surface area contributed by atoms with Crippen molar-refractivity contribution in [1.82, 2.24) is 0 Å². The second-order valence-corrected chi connectivity index (χ2v) is 8.60. The van der Waals surface area contributed by atoms with Crippen LogP contribution in [0.5, 0.6) is 0 Å². The molecule has 0 aromatic rings. The van der Waals surface area contributed by atoms with Crippen molar-refractivity contribution in [3.05, 3.63) is 11.6 Å². The fourth-order valence-corrected chi connectivity index (χ4v) is 4.61. The zero-order chi connectivity index (χ0) is 17.4. The average Bonchev–Trinajstić information content (AvgIpc) is 3.02. The number of rotatable bonds is 5. The molecule has 2 aliphatic carbocycles. The van der Waals surface area contributed by atoms with Crippen LogP contribution in [0.4, 0.5) is 0 Å². The Bertz CT molecular complexity index is 464. The summed E-state index contributed by atoms with van der Waals surface area (Å²) in [5.41, 5.74) is 0.865. The molecule has 0 radical (unpaired) electrons. The predicted molar refractivity (Wildman–Crippen MR) is 92.8 cm³/mol. The second-order valence-electron chi connectivity index (χ2n) is 8.60. The summed E-state index contributed by atoms with van der Waals surface area (Å²) < 4.78 is 6.02. The molecule has 2 rings (SSSR count). The first-order chi connectivity index (χ1) is 10.7. The number of hydrogen-bond donors (Lipinski definition) is 1. The third-order valence-electron chi connectivity index (χ3n) is 6.26. The molecule has 2 saturated carbocycles. The molecule has 0 aromatic heterocycles. The Morgan fingerprint density at radius 1 is 1.30 bits per heavy atom. The molecule has 3 heteroatoms. The van der Waals surface area contributed by atoms with E-state index in [2.05, 4.69) is 34.6 Å². The molecule has 5 atom stereocenters. The smallest absolute Gasteiger partial charge is 0.310 e. The van der Waals surface area contributed by atoms with E-state index in [1.54, 1.807) is 0 Å². The maximum absolute atomic E-state index is 12.8. The summed E-state index contributed by atoms with van der Waals surface area (Å²) in [6.45, 7) is 12.9. The van der Waals surface area contributed by atoms with Crippen LogP contribution >= 0.6 is 0 Å². The van der Waals surface area contributed by atoms with Gasteiger partial charge in [-0.1, -0.05) is 47.1 Å². The van der Waals surface area contributed by atoms with Crippen LogP contribution in [0.2, 0.25) is 0 Å². The minimum Gasteiger partial charge on any atom is -0.462 e. The molecule has 0 heterocycles. The molecule has 0 spiro atoms. The zero-order valence-electron chi connectivity index (χ0n) is 15.6. The number of carbonyl (C=O) groups excluding carboxylic acids is 1. The Kier molecular flexibility index (Phi) is 5.60. The molecule has 0 aliphatic heterocycles. The normalized spacial score (nSPS) is 36.9. The van der Waals surface area contributed by atoms with E-state index in [9.17, 15) is 9.90 Å². The van der Waals surface area contributed by atoms with E-state index in [1.807, 2.05) is 13.0 Å². The predicted octanol–water partition coefficient (Wildman–Crippen LogP) is 4.20. The van der Waals surface area contributed by atoms with Gasteiger partial charge in [-0.3, -0.25) is 4.79 Å². The largest absolute Gasteiger partial charge is 0.462 e. The Morgan fingerprint density at radius 2 is 1.96 bits per heavy atom. The van der Waals surface area contributed by atoms with Gasteiger partial charge in [-0.25, -0.2) is 0 Å². The highest BCUT2D eigenvalue weighted by atomic mass is 16.5. The standard InChI is InChI=1S/C20H34O3/c1-7-14(11-21)17-18(20(17,5)6)19(22)23-16-10-13(4)8-9-15(16)12(2)3/h7,12-13,15-18,21H,8-11H2,1-6H3. The average molecular weight is 322 g/mol. The summed E-state index contributed by atoms with van der Waals surface area (Å²) in [5, 5.41) is 9.52. The van der Waals surface area contributed by atoms with E-state index in [-0.39, 0.29) is 35.9 Å². The molecular formula is C20H34O3. The minimum absolute atomic E-state index is 0.0312. The molecule has 2 fully saturated rings. The van der Waals surface area contributed by atoms with Crippen molar-refractivity contribution < 1.29 is 14.6 Å². The lowest BCUT2D eigenvalue weighted by Crippen LogP contribution is -2.36. The highest BCUT2D eigenvalue weighted by molar-refractivity contribution is 5.79. The van der Waals surface area contributed by atoms with Crippen molar-refractivity contribution in [2.75, 3.05) is 6.61 Å².